The van der Waals surface area contributed by atoms with Crippen molar-refractivity contribution in [2.75, 3.05) is 6.54 Å². The molecule has 0 aliphatic carbocycles. The molecule has 0 aromatic heterocycles. The van der Waals surface area contributed by atoms with Crippen LogP contribution >= 0.6 is 34.8 Å². The number of nitrogens with one attached hydrogen (secondary N) is 1. The quantitative estimate of drug-likeness (QED) is 0.500. The highest BCUT2D eigenvalue weighted by atomic mass is 35.5. The van der Waals surface area contributed by atoms with Gasteiger partial charge >= 0.3 is 0 Å². The fourth-order valence-corrected chi connectivity index (χ4v) is 2.58. The van der Waals surface area contributed by atoms with Crippen LogP contribution in [0.3, 0.4) is 0 Å². The summed E-state index contributed by atoms with van der Waals surface area (Å²) in [6.07, 6.45) is 11.7. The van der Waals surface area contributed by atoms with E-state index in [4.69, 9.17) is 34.8 Å². The molecule has 2 rings (SSSR count). The second-order valence-electron chi connectivity index (χ2n) is 5.24. The Balaban J connectivity index is 1.76. The van der Waals surface area contributed by atoms with E-state index < -0.39 is 0 Å². The van der Waals surface area contributed by atoms with Crippen molar-refractivity contribution in [3.05, 3.63) is 105 Å². The molecule has 0 heterocycles. The number of benzene rings is 2. The summed E-state index contributed by atoms with van der Waals surface area (Å²) in [6.45, 7) is 4.65. The topological polar surface area (TPSA) is 12.0 Å². The molecule has 1 N–H and O–H groups in total. The van der Waals surface area contributed by atoms with E-state index in [-0.39, 0.29) is 0 Å². The molecule has 1 nitrogen and oxygen atoms in total. The Labute approximate surface area is 163 Å². The first-order valence-electron chi connectivity index (χ1n) is 7.69. The lowest BCUT2D eigenvalue weighted by Gasteiger charge is -2.01. The van der Waals surface area contributed by atoms with Crippen molar-refractivity contribution in [2.24, 2.45) is 0 Å². The van der Waals surface area contributed by atoms with Crippen molar-refractivity contribution in [3.63, 3.8) is 0 Å². The Morgan fingerprint density at radius 1 is 0.920 bits per heavy atom. The molecule has 0 radical (unpaired) electrons. The minimum atomic E-state index is 0.626. The summed E-state index contributed by atoms with van der Waals surface area (Å²) in [7, 11) is 0. The summed E-state index contributed by atoms with van der Waals surface area (Å²) in [5.74, 6) is 0. The maximum absolute atomic E-state index is 6.11. The zero-order chi connectivity index (χ0) is 18.1. The van der Waals surface area contributed by atoms with Crippen molar-refractivity contribution in [1.82, 2.24) is 5.32 Å². The van der Waals surface area contributed by atoms with Crippen LogP contribution in [0, 0.1) is 0 Å². The lowest BCUT2D eigenvalue weighted by atomic mass is 10.2. The maximum Gasteiger partial charge on any atom is 0.0493 e. The van der Waals surface area contributed by atoms with Gasteiger partial charge in [0.1, 0.15) is 0 Å². The highest BCUT2D eigenvalue weighted by Gasteiger charge is 1.96. The molecule has 128 valence electrons. The minimum absolute atomic E-state index is 0.626. The standard InChI is InChI=1S/C21H18Cl3N/c1-16(25-14-4-6-17-8-11-19(22)12-9-17)5-2-3-7-18-10-13-20(23)15-21(18)24/h2-13,15,25H,1,14H2/b5-2+,6-4+,7-3+. The van der Waals surface area contributed by atoms with Crippen molar-refractivity contribution < 1.29 is 0 Å². The van der Waals surface area contributed by atoms with E-state index in [1.54, 1.807) is 6.07 Å². The minimum Gasteiger partial charge on any atom is -0.382 e. The molecule has 0 saturated carbocycles. The van der Waals surface area contributed by atoms with Crippen molar-refractivity contribution in [2.45, 2.75) is 0 Å². The molecule has 0 unspecified atom stereocenters. The fraction of sp³-hybridized carbons (Fsp3) is 0.0476. The van der Waals surface area contributed by atoms with Gasteiger partial charge in [-0.05, 0) is 41.5 Å². The van der Waals surface area contributed by atoms with E-state index >= 15 is 0 Å². The van der Waals surface area contributed by atoms with Crippen molar-refractivity contribution in [1.29, 1.82) is 0 Å². The molecule has 0 amide bonds. The summed E-state index contributed by atoms with van der Waals surface area (Å²) < 4.78 is 0. The molecule has 0 spiro atoms. The van der Waals surface area contributed by atoms with Gasteiger partial charge in [0.2, 0.25) is 0 Å². The third-order valence-corrected chi connectivity index (χ3v) is 4.09. The van der Waals surface area contributed by atoms with Crippen LogP contribution in [0.2, 0.25) is 15.1 Å². The zero-order valence-corrected chi connectivity index (χ0v) is 15.8. The van der Waals surface area contributed by atoms with E-state index in [1.807, 2.05) is 72.9 Å². The summed E-state index contributed by atoms with van der Waals surface area (Å²) in [5.41, 5.74) is 2.85. The first-order valence-corrected chi connectivity index (χ1v) is 8.82. The highest BCUT2D eigenvalue weighted by Crippen LogP contribution is 2.21. The molecule has 0 saturated heterocycles. The Kier molecular flexibility index (Phi) is 7.87. The Bertz CT molecular complexity index is 802. The molecule has 0 atom stereocenters. The van der Waals surface area contributed by atoms with Crippen LogP contribution in [0.1, 0.15) is 11.1 Å². The second kappa shape index (κ2) is 10.1. The largest absolute Gasteiger partial charge is 0.382 e. The van der Waals surface area contributed by atoms with E-state index in [9.17, 15) is 0 Å². The molecule has 2 aromatic rings. The third kappa shape index (κ3) is 7.23. The Hall–Kier alpha value is -1.93. The van der Waals surface area contributed by atoms with Crippen molar-refractivity contribution >= 4 is 47.0 Å². The molecule has 4 heteroatoms. The zero-order valence-electron chi connectivity index (χ0n) is 13.6. The molecule has 2 aromatic carbocycles. The molecule has 25 heavy (non-hydrogen) atoms. The fourth-order valence-electron chi connectivity index (χ4n) is 1.99. The van der Waals surface area contributed by atoms with Crippen LogP contribution in [0.25, 0.3) is 12.2 Å². The Morgan fingerprint density at radius 2 is 1.64 bits per heavy atom. The van der Waals surface area contributed by atoms with E-state index in [1.165, 1.54) is 0 Å². The van der Waals surface area contributed by atoms with Gasteiger partial charge in [0.15, 0.2) is 0 Å². The maximum atomic E-state index is 6.11. The lowest BCUT2D eigenvalue weighted by molar-refractivity contribution is 0.943. The molecular weight excluding hydrogens is 373 g/mol. The number of halogens is 3. The molecule has 0 bridgehead atoms. The SMILES string of the molecule is C=C(/C=C/C=C/c1ccc(Cl)cc1Cl)NC/C=C/c1ccc(Cl)cc1. The average molecular weight is 391 g/mol. The van der Waals surface area contributed by atoms with Crippen molar-refractivity contribution in [3.8, 4) is 0 Å². The monoisotopic (exact) mass is 389 g/mol. The van der Waals surface area contributed by atoms with Gasteiger partial charge in [-0.25, -0.2) is 0 Å². The summed E-state index contributed by atoms with van der Waals surface area (Å²) in [5, 5.41) is 5.20. The van der Waals surface area contributed by atoms with Crippen LogP contribution in [-0.2, 0) is 0 Å². The van der Waals surface area contributed by atoms with Gasteiger partial charge in [0.25, 0.3) is 0 Å². The number of rotatable bonds is 7. The van der Waals surface area contributed by atoms with E-state index in [0.29, 0.717) is 16.6 Å². The highest BCUT2D eigenvalue weighted by molar-refractivity contribution is 6.35. The van der Waals surface area contributed by atoms with Crippen LogP contribution in [-0.4, -0.2) is 6.54 Å². The van der Waals surface area contributed by atoms with Crippen LogP contribution in [0.4, 0.5) is 0 Å². The predicted octanol–water partition coefficient (Wildman–Crippen LogP) is 7.03. The van der Waals surface area contributed by atoms with Gasteiger partial charge in [-0.2, -0.15) is 0 Å². The summed E-state index contributed by atoms with van der Waals surface area (Å²) in [4.78, 5) is 0. The normalized spacial score (nSPS) is 11.6. The third-order valence-electron chi connectivity index (χ3n) is 3.27. The summed E-state index contributed by atoms with van der Waals surface area (Å²) in [6, 6.07) is 13.1. The van der Waals surface area contributed by atoms with Crippen LogP contribution in [0.5, 0.6) is 0 Å². The number of allylic oxidation sites excluding steroid dienone is 3. The average Bonchev–Trinajstić information content (AvgIpc) is 2.59. The van der Waals surface area contributed by atoms with Gasteiger partial charge in [0.05, 0.1) is 0 Å². The molecule has 0 aliphatic rings. The second-order valence-corrected chi connectivity index (χ2v) is 6.52. The van der Waals surface area contributed by atoms with Crippen LogP contribution in [0.15, 0.2) is 79.0 Å². The molecule has 0 aliphatic heterocycles. The first-order chi connectivity index (χ1) is 12.0. The summed E-state index contributed by atoms with van der Waals surface area (Å²) >= 11 is 17.8. The number of hydrogen-bond acceptors (Lipinski definition) is 1. The van der Waals surface area contributed by atoms with Crippen LogP contribution < -0.4 is 5.32 Å². The lowest BCUT2D eigenvalue weighted by Crippen LogP contribution is -2.09. The Morgan fingerprint density at radius 3 is 2.36 bits per heavy atom. The van der Waals surface area contributed by atoms with Gasteiger partial charge in [-0.1, -0.05) is 90.0 Å². The molecular formula is C21H18Cl3N. The van der Waals surface area contributed by atoms with Gasteiger partial charge in [0, 0.05) is 27.3 Å². The molecule has 0 fully saturated rings. The smallest absolute Gasteiger partial charge is 0.0493 e. The van der Waals surface area contributed by atoms with Gasteiger partial charge in [-0.15, -0.1) is 0 Å². The van der Waals surface area contributed by atoms with Gasteiger partial charge < -0.3 is 5.32 Å². The van der Waals surface area contributed by atoms with E-state index in [0.717, 1.165) is 21.8 Å². The number of hydrogen-bond donors (Lipinski definition) is 1. The van der Waals surface area contributed by atoms with Gasteiger partial charge in [-0.3, -0.25) is 0 Å². The predicted molar refractivity (Wildman–Crippen MR) is 112 cm³/mol. The first kappa shape index (κ1) is 19.4. The van der Waals surface area contributed by atoms with E-state index in [2.05, 4.69) is 11.9 Å².